The zero-order chi connectivity index (χ0) is 14.5. The van der Waals surface area contributed by atoms with Crippen LogP contribution >= 0.6 is 23.4 Å². The monoisotopic (exact) mass is 311 g/mol. The molecule has 3 N–H and O–H groups in total. The van der Waals surface area contributed by atoms with Gasteiger partial charge in [-0.15, -0.1) is 11.8 Å². The number of amidine groups is 1. The van der Waals surface area contributed by atoms with Crippen LogP contribution in [0.2, 0.25) is 5.02 Å². The lowest BCUT2D eigenvalue weighted by Crippen LogP contribution is -2.15. The number of rotatable bonds is 4. The van der Waals surface area contributed by atoms with Gasteiger partial charge in [-0.2, -0.15) is 0 Å². The molecule has 0 aliphatic heterocycles. The van der Waals surface area contributed by atoms with E-state index in [1.807, 2.05) is 0 Å². The van der Waals surface area contributed by atoms with Gasteiger partial charge >= 0.3 is 0 Å². The van der Waals surface area contributed by atoms with Gasteiger partial charge in [0.2, 0.25) is 0 Å². The Kier molecular flexibility index (Phi) is 4.81. The minimum absolute atomic E-state index is 0.121. The van der Waals surface area contributed by atoms with E-state index in [2.05, 4.69) is 10.1 Å². The Hall–Kier alpha value is -1.79. The molecule has 0 fully saturated rings. The normalized spacial score (nSPS) is 11.6. The summed E-state index contributed by atoms with van der Waals surface area (Å²) in [5.74, 6) is -0.0466. The van der Waals surface area contributed by atoms with Gasteiger partial charge in [-0.25, -0.2) is 9.37 Å². The summed E-state index contributed by atoms with van der Waals surface area (Å²) in [6.45, 7) is 0. The van der Waals surface area contributed by atoms with Crippen LogP contribution in [-0.2, 0) is 5.75 Å². The van der Waals surface area contributed by atoms with Crippen molar-refractivity contribution < 1.29 is 9.60 Å². The highest BCUT2D eigenvalue weighted by Gasteiger charge is 2.09. The van der Waals surface area contributed by atoms with Gasteiger partial charge in [0.15, 0.2) is 5.84 Å². The number of hydrogen-bond acceptors (Lipinski definition) is 4. The minimum atomic E-state index is -0.440. The van der Waals surface area contributed by atoms with Crippen molar-refractivity contribution in [2.24, 2.45) is 10.9 Å². The predicted octanol–water partition coefficient (Wildman–Crippen LogP) is 3.26. The van der Waals surface area contributed by atoms with Gasteiger partial charge in [0, 0.05) is 17.5 Å². The molecule has 1 aromatic carbocycles. The van der Waals surface area contributed by atoms with Crippen molar-refractivity contribution in [2.45, 2.75) is 10.8 Å². The van der Waals surface area contributed by atoms with E-state index in [1.54, 1.807) is 24.4 Å². The standard InChI is InChI=1S/C13H11ClFN3OS/c14-9-2-4-12(17-6-9)20-7-8-1-3-10(15)5-11(8)13(16)18-19/h1-6,19H,7H2,(H2,16,18). The SMILES string of the molecule is NC(=NO)c1cc(F)ccc1CSc1ccc(Cl)cn1. The number of oxime groups is 1. The highest BCUT2D eigenvalue weighted by molar-refractivity contribution is 7.98. The lowest BCUT2D eigenvalue weighted by molar-refractivity contribution is 0.318. The maximum Gasteiger partial charge on any atom is 0.170 e. The van der Waals surface area contributed by atoms with Gasteiger partial charge in [-0.1, -0.05) is 22.8 Å². The van der Waals surface area contributed by atoms with Crippen LogP contribution in [0.15, 0.2) is 46.7 Å². The molecule has 0 radical (unpaired) electrons. The molecule has 0 unspecified atom stereocenters. The Labute approximate surface area is 124 Å². The van der Waals surface area contributed by atoms with Crippen LogP contribution in [0, 0.1) is 5.82 Å². The molecule has 1 heterocycles. The Morgan fingerprint density at radius 3 is 2.85 bits per heavy atom. The molecule has 0 aliphatic rings. The highest BCUT2D eigenvalue weighted by Crippen LogP contribution is 2.24. The van der Waals surface area contributed by atoms with Gasteiger partial charge in [-0.3, -0.25) is 0 Å². The molecule has 0 saturated carbocycles. The fourth-order valence-electron chi connectivity index (χ4n) is 1.57. The van der Waals surface area contributed by atoms with Gasteiger partial charge in [-0.05, 0) is 29.8 Å². The molecule has 4 nitrogen and oxygen atoms in total. The number of thioether (sulfide) groups is 1. The number of nitrogens with two attached hydrogens (primary N) is 1. The smallest absolute Gasteiger partial charge is 0.170 e. The van der Waals surface area contributed by atoms with E-state index in [1.165, 1.54) is 23.9 Å². The summed E-state index contributed by atoms with van der Waals surface area (Å²) < 4.78 is 13.2. The molecule has 0 aliphatic carbocycles. The van der Waals surface area contributed by atoms with E-state index in [9.17, 15) is 4.39 Å². The first-order valence-corrected chi connectivity index (χ1v) is 6.97. The second-order valence-electron chi connectivity index (χ2n) is 3.89. The summed E-state index contributed by atoms with van der Waals surface area (Å²) in [6.07, 6.45) is 1.55. The topological polar surface area (TPSA) is 71.5 Å². The largest absolute Gasteiger partial charge is 0.409 e. The Morgan fingerprint density at radius 1 is 1.40 bits per heavy atom. The number of benzene rings is 1. The molecule has 0 bridgehead atoms. The molecule has 2 aromatic rings. The van der Waals surface area contributed by atoms with E-state index in [0.717, 1.165) is 10.6 Å². The third-order valence-corrected chi connectivity index (χ3v) is 3.75. The first-order valence-electron chi connectivity index (χ1n) is 5.61. The van der Waals surface area contributed by atoms with E-state index in [0.29, 0.717) is 16.3 Å². The molecule has 0 atom stereocenters. The molecule has 104 valence electrons. The van der Waals surface area contributed by atoms with Crippen LogP contribution in [0.1, 0.15) is 11.1 Å². The molecule has 1 aromatic heterocycles. The van der Waals surface area contributed by atoms with Crippen LogP contribution in [0.5, 0.6) is 0 Å². The molecular formula is C13H11ClFN3OS. The first-order chi connectivity index (χ1) is 9.60. The summed E-state index contributed by atoms with van der Waals surface area (Å²) in [7, 11) is 0. The van der Waals surface area contributed by atoms with Crippen LogP contribution < -0.4 is 5.73 Å². The molecular weight excluding hydrogens is 301 g/mol. The van der Waals surface area contributed by atoms with E-state index >= 15 is 0 Å². The first kappa shape index (κ1) is 14.6. The maximum absolute atomic E-state index is 13.2. The quantitative estimate of drug-likeness (QED) is 0.299. The average Bonchev–Trinajstić information content (AvgIpc) is 2.46. The fraction of sp³-hybridized carbons (Fsp3) is 0.0769. The molecule has 0 spiro atoms. The van der Waals surface area contributed by atoms with Gasteiger partial charge in [0.05, 0.1) is 10.0 Å². The van der Waals surface area contributed by atoms with Crippen LogP contribution in [0.25, 0.3) is 0 Å². The number of hydrogen-bond donors (Lipinski definition) is 2. The summed E-state index contributed by atoms with van der Waals surface area (Å²) in [5.41, 5.74) is 6.67. The van der Waals surface area contributed by atoms with E-state index < -0.39 is 5.82 Å². The molecule has 0 saturated heterocycles. The van der Waals surface area contributed by atoms with Gasteiger partial charge in [0.1, 0.15) is 5.82 Å². The van der Waals surface area contributed by atoms with Crippen molar-refractivity contribution in [1.29, 1.82) is 0 Å². The Morgan fingerprint density at radius 2 is 2.20 bits per heavy atom. The maximum atomic E-state index is 13.2. The summed E-state index contributed by atoms with van der Waals surface area (Å²) in [5, 5.41) is 13.0. The van der Waals surface area contributed by atoms with Crippen molar-refractivity contribution in [3.63, 3.8) is 0 Å². The van der Waals surface area contributed by atoms with Crippen molar-refractivity contribution in [3.05, 3.63) is 58.5 Å². The Bertz CT molecular complexity index is 634. The fourth-order valence-corrected chi connectivity index (χ4v) is 2.52. The summed E-state index contributed by atoms with van der Waals surface area (Å²) in [6, 6.07) is 7.71. The van der Waals surface area contributed by atoms with Crippen molar-refractivity contribution >= 4 is 29.2 Å². The molecule has 7 heteroatoms. The van der Waals surface area contributed by atoms with Crippen molar-refractivity contribution in [2.75, 3.05) is 0 Å². The predicted molar refractivity (Wildman–Crippen MR) is 77.7 cm³/mol. The molecule has 20 heavy (non-hydrogen) atoms. The second kappa shape index (κ2) is 6.58. The van der Waals surface area contributed by atoms with E-state index in [4.69, 9.17) is 22.5 Å². The number of pyridine rings is 1. The zero-order valence-corrected chi connectivity index (χ0v) is 11.8. The van der Waals surface area contributed by atoms with E-state index in [-0.39, 0.29) is 5.84 Å². The third kappa shape index (κ3) is 3.61. The van der Waals surface area contributed by atoms with Crippen molar-refractivity contribution in [3.8, 4) is 0 Å². The number of halogens is 2. The molecule has 2 rings (SSSR count). The summed E-state index contributed by atoms with van der Waals surface area (Å²) >= 11 is 7.20. The average molecular weight is 312 g/mol. The Balaban J connectivity index is 2.19. The van der Waals surface area contributed by atoms with Crippen molar-refractivity contribution in [1.82, 2.24) is 4.98 Å². The van der Waals surface area contributed by atoms with Crippen LogP contribution in [0.4, 0.5) is 4.39 Å². The van der Waals surface area contributed by atoms with Gasteiger partial charge in [0.25, 0.3) is 0 Å². The van der Waals surface area contributed by atoms with Crippen LogP contribution in [0.3, 0.4) is 0 Å². The summed E-state index contributed by atoms with van der Waals surface area (Å²) in [4.78, 5) is 4.15. The lowest BCUT2D eigenvalue weighted by atomic mass is 10.1. The minimum Gasteiger partial charge on any atom is -0.409 e. The van der Waals surface area contributed by atoms with Gasteiger partial charge < -0.3 is 10.9 Å². The zero-order valence-electron chi connectivity index (χ0n) is 10.3. The number of nitrogens with zero attached hydrogens (tertiary/aromatic N) is 2. The second-order valence-corrected chi connectivity index (χ2v) is 5.32. The molecule has 0 amide bonds. The highest BCUT2D eigenvalue weighted by atomic mass is 35.5. The third-order valence-electron chi connectivity index (χ3n) is 2.53. The lowest BCUT2D eigenvalue weighted by Gasteiger charge is -2.08. The number of aromatic nitrogens is 1. The van der Waals surface area contributed by atoms with Crippen LogP contribution in [-0.4, -0.2) is 16.0 Å².